The van der Waals surface area contributed by atoms with Gasteiger partial charge in [-0.15, -0.1) is 0 Å². The first-order chi connectivity index (χ1) is 9.65. The molecule has 0 atom stereocenters. The quantitative estimate of drug-likeness (QED) is 0.798. The lowest BCUT2D eigenvalue weighted by atomic mass is 10.1. The van der Waals surface area contributed by atoms with Gasteiger partial charge in [0.05, 0.1) is 10.0 Å². The van der Waals surface area contributed by atoms with E-state index in [1.165, 1.54) is 6.07 Å². The maximum absolute atomic E-state index is 12.2. The normalized spacial score (nSPS) is 13.9. The summed E-state index contributed by atoms with van der Waals surface area (Å²) in [6, 6.07) is 4.76. The van der Waals surface area contributed by atoms with Gasteiger partial charge in [-0.05, 0) is 18.2 Å². The van der Waals surface area contributed by atoms with Gasteiger partial charge in [0, 0.05) is 36.3 Å². The van der Waals surface area contributed by atoms with E-state index in [-0.39, 0.29) is 5.91 Å². The number of H-pyrrole nitrogens is 1. The fourth-order valence-corrected chi connectivity index (χ4v) is 2.44. The number of hydrogen-bond acceptors (Lipinski definition) is 3. The fourth-order valence-electron chi connectivity index (χ4n) is 2.15. The maximum Gasteiger partial charge on any atom is 0.256 e. The number of anilines is 1. The summed E-state index contributed by atoms with van der Waals surface area (Å²) < 4.78 is 0. The number of rotatable bonds is 2. The number of nitrogens with zero attached hydrogens (tertiary/aromatic N) is 1. The number of nitrogens with one attached hydrogen (secondary N) is 3. The second-order valence-corrected chi connectivity index (χ2v) is 5.35. The van der Waals surface area contributed by atoms with Crippen molar-refractivity contribution in [2.24, 2.45) is 0 Å². The Morgan fingerprint density at radius 3 is 2.95 bits per heavy atom. The van der Waals surface area contributed by atoms with E-state index < -0.39 is 0 Å². The molecule has 3 N–H and O–H groups in total. The van der Waals surface area contributed by atoms with Gasteiger partial charge < -0.3 is 10.6 Å². The summed E-state index contributed by atoms with van der Waals surface area (Å²) in [4.78, 5) is 12.2. The summed E-state index contributed by atoms with van der Waals surface area (Å²) in [7, 11) is 0. The lowest BCUT2D eigenvalue weighted by molar-refractivity contribution is 0.102. The minimum Gasteiger partial charge on any atom is -0.312 e. The smallest absolute Gasteiger partial charge is 0.256 e. The van der Waals surface area contributed by atoms with Crippen LogP contribution in [0.2, 0.25) is 10.0 Å². The predicted octanol–water partition coefficient (Wildman–Crippen LogP) is 2.61. The van der Waals surface area contributed by atoms with E-state index in [1.54, 1.807) is 12.1 Å². The van der Waals surface area contributed by atoms with Gasteiger partial charge in [0.2, 0.25) is 0 Å². The van der Waals surface area contributed by atoms with Crippen LogP contribution in [-0.2, 0) is 13.0 Å². The SMILES string of the molecule is O=C(Nc1n[nH]c2c1CNCC2)c1ccc(Cl)c(Cl)c1. The number of aromatic amines is 1. The standard InChI is InChI=1S/C13H12Cl2N4O/c14-9-2-1-7(5-10(9)15)13(20)17-12-8-6-16-4-3-11(8)18-19-12/h1-2,5,16H,3-4,6H2,(H2,17,18,19,20). The number of carbonyl (C=O) groups excluding carboxylic acids is 1. The molecule has 0 spiro atoms. The van der Waals surface area contributed by atoms with E-state index >= 15 is 0 Å². The Labute approximate surface area is 125 Å². The zero-order valence-electron chi connectivity index (χ0n) is 10.5. The van der Waals surface area contributed by atoms with Crippen molar-refractivity contribution < 1.29 is 4.79 Å². The molecule has 0 saturated carbocycles. The number of hydrogen-bond donors (Lipinski definition) is 3. The summed E-state index contributed by atoms with van der Waals surface area (Å²) in [5.41, 5.74) is 2.51. The molecule has 0 aliphatic carbocycles. The molecule has 5 nitrogen and oxygen atoms in total. The molecule has 104 valence electrons. The highest BCUT2D eigenvalue weighted by atomic mass is 35.5. The van der Waals surface area contributed by atoms with E-state index in [0.29, 0.717) is 28.0 Å². The molecule has 0 unspecified atom stereocenters. The molecule has 1 aliphatic rings. The highest BCUT2D eigenvalue weighted by Gasteiger charge is 2.18. The molecular weight excluding hydrogens is 299 g/mol. The third kappa shape index (κ3) is 2.52. The van der Waals surface area contributed by atoms with E-state index in [4.69, 9.17) is 23.2 Å². The molecular formula is C13H12Cl2N4O. The molecule has 1 aromatic heterocycles. The first-order valence-electron chi connectivity index (χ1n) is 6.18. The summed E-state index contributed by atoms with van der Waals surface area (Å²) in [6.07, 6.45) is 0.880. The first kappa shape index (κ1) is 13.4. The molecule has 2 aromatic rings. The number of aromatic nitrogens is 2. The minimum absolute atomic E-state index is 0.261. The Morgan fingerprint density at radius 2 is 2.15 bits per heavy atom. The van der Waals surface area contributed by atoms with Crippen LogP contribution in [0.1, 0.15) is 21.6 Å². The molecule has 1 amide bonds. The Bertz CT molecular complexity index is 668. The van der Waals surface area contributed by atoms with Gasteiger partial charge in [-0.25, -0.2) is 0 Å². The van der Waals surface area contributed by atoms with Crippen LogP contribution in [0.5, 0.6) is 0 Å². The lowest BCUT2D eigenvalue weighted by Gasteiger charge is -2.13. The zero-order valence-corrected chi connectivity index (χ0v) is 12.0. The summed E-state index contributed by atoms with van der Waals surface area (Å²) in [5.74, 6) is 0.298. The Balaban J connectivity index is 1.82. The lowest BCUT2D eigenvalue weighted by Crippen LogP contribution is -2.24. The Morgan fingerprint density at radius 1 is 1.30 bits per heavy atom. The second-order valence-electron chi connectivity index (χ2n) is 4.54. The fraction of sp³-hybridized carbons (Fsp3) is 0.231. The summed E-state index contributed by atoms with van der Waals surface area (Å²) in [6.45, 7) is 1.61. The molecule has 2 heterocycles. The number of fused-ring (bicyclic) bond motifs is 1. The van der Waals surface area contributed by atoms with Crippen molar-refractivity contribution >= 4 is 34.9 Å². The van der Waals surface area contributed by atoms with Crippen LogP contribution in [0, 0.1) is 0 Å². The Kier molecular flexibility index (Phi) is 3.65. The number of halogens is 2. The summed E-state index contributed by atoms with van der Waals surface area (Å²) >= 11 is 11.7. The van der Waals surface area contributed by atoms with Crippen LogP contribution >= 0.6 is 23.2 Å². The highest BCUT2D eigenvalue weighted by molar-refractivity contribution is 6.42. The van der Waals surface area contributed by atoms with E-state index in [9.17, 15) is 4.79 Å². The van der Waals surface area contributed by atoms with E-state index in [0.717, 1.165) is 24.2 Å². The van der Waals surface area contributed by atoms with Crippen molar-refractivity contribution in [2.75, 3.05) is 11.9 Å². The van der Waals surface area contributed by atoms with E-state index in [2.05, 4.69) is 20.8 Å². The number of benzene rings is 1. The molecule has 3 rings (SSSR count). The van der Waals surface area contributed by atoms with Crippen molar-refractivity contribution in [3.63, 3.8) is 0 Å². The van der Waals surface area contributed by atoms with Gasteiger partial charge >= 0.3 is 0 Å². The van der Waals surface area contributed by atoms with E-state index in [1.807, 2.05) is 0 Å². The van der Waals surface area contributed by atoms with Crippen molar-refractivity contribution in [3.05, 3.63) is 45.1 Å². The van der Waals surface area contributed by atoms with Crippen molar-refractivity contribution in [1.82, 2.24) is 15.5 Å². The molecule has 1 aliphatic heterocycles. The Hall–Kier alpha value is -1.56. The van der Waals surface area contributed by atoms with Crippen LogP contribution in [0.4, 0.5) is 5.82 Å². The van der Waals surface area contributed by atoms with Crippen molar-refractivity contribution in [1.29, 1.82) is 0 Å². The monoisotopic (exact) mass is 310 g/mol. The largest absolute Gasteiger partial charge is 0.312 e. The number of carbonyl (C=O) groups is 1. The second kappa shape index (κ2) is 5.44. The molecule has 0 fully saturated rings. The van der Waals surface area contributed by atoms with Crippen LogP contribution in [0.25, 0.3) is 0 Å². The van der Waals surface area contributed by atoms with Gasteiger partial charge in [0.1, 0.15) is 0 Å². The molecule has 7 heteroatoms. The topological polar surface area (TPSA) is 69.8 Å². The van der Waals surface area contributed by atoms with Gasteiger partial charge in [-0.2, -0.15) is 5.10 Å². The molecule has 0 saturated heterocycles. The molecule has 1 aromatic carbocycles. The third-order valence-electron chi connectivity index (χ3n) is 3.22. The minimum atomic E-state index is -0.261. The van der Waals surface area contributed by atoms with Crippen LogP contribution < -0.4 is 10.6 Å². The van der Waals surface area contributed by atoms with Gasteiger partial charge in [-0.3, -0.25) is 9.89 Å². The third-order valence-corrected chi connectivity index (χ3v) is 3.96. The molecule has 0 radical (unpaired) electrons. The summed E-state index contributed by atoms with van der Waals surface area (Å²) in [5, 5.41) is 13.9. The zero-order chi connectivity index (χ0) is 14.1. The average Bonchev–Trinajstić information content (AvgIpc) is 2.85. The van der Waals surface area contributed by atoms with Gasteiger partial charge in [0.25, 0.3) is 5.91 Å². The highest BCUT2D eigenvalue weighted by Crippen LogP contribution is 2.24. The number of amides is 1. The van der Waals surface area contributed by atoms with Gasteiger partial charge in [-0.1, -0.05) is 23.2 Å². The first-order valence-corrected chi connectivity index (χ1v) is 6.94. The predicted molar refractivity (Wildman–Crippen MR) is 78.4 cm³/mol. The van der Waals surface area contributed by atoms with Crippen molar-refractivity contribution in [2.45, 2.75) is 13.0 Å². The van der Waals surface area contributed by atoms with Crippen LogP contribution in [0.3, 0.4) is 0 Å². The molecule has 20 heavy (non-hydrogen) atoms. The van der Waals surface area contributed by atoms with Crippen molar-refractivity contribution in [3.8, 4) is 0 Å². The average molecular weight is 311 g/mol. The molecule has 0 bridgehead atoms. The van der Waals surface area contributed by atoms with Crippen LogP contribution in [0.15, 0.2) is 18.2 Å². The maximum atomic E-state index is 12.2. The van der Waals surface area contributed by atoms with Gasteiger partial charge in [0.15, 0.2) is 5.82 Å². The van der Waals surface area contributed by atoms with Crippen LogP contribution in [-0.4, -0.2) is 22.6 Å².